The molecule has 0 aliphatic heterocycles. The third-order valence-corrected chi connectivity index (χ3v) is 5.23. The summed E-state index contributed by atoms with van der Waals surface area (Å²) in [7, 11) is 1.34. The van der Waals surface area contributed by atoms with Gasteiger partial charge in [0, 0.05) is 5.92 Å². The minimum absolute atomic E-state index is 0.312. The van der Waals surface area contributed by atoms with Gasteiger partial charge in [-0.05, 0) is 50.6 Å². The largest absolute Gasteiger partial charge is 0.465 e. The fourth-order valence-corrected chi connectivity index (χ4v) is 3.60. The van der Waals surface area contributed by atoms with Gasteiger partial charge >= 0.3 is 11.9 Å². The molecule has 0 aliphatic rings. The van der Waals surface area contributed by atoms with Crippen LogP contribution in [0.1, 0.15) is 72.0 Å². The number of rotatable bonds is 8. The summed E-state index contributed by atoms with van der Waals surface area (Å²) in [5.74, 6) is -0.293. The molecule has 0 amide bonds. The maximum Gasteiger partial charge on any atom is 0.343 e. The van der Waals surface area contributed by atoms with Crippen LogP contribution in [0.2, 0.25) is 0 Å². The molecule has 1 N–H and O–H groups in total. The van der Waals surface area contributed by atoms with Crippen molar-refractivity contribution in [3.05, 3.63) is 59.3 Å². The van der Waals surface area contributed by atoms with E-state index in [0.29, 0.717) is 21.8 Å². The Bertz CT molecular complexity index is 866. The molecule has 0 spiro atoms. The van der Waals surface area contributed by atoms with Gasteiger partial charge in [-0.15, -0.1) is 18.3 Å². The molecule has 0 saturated heterocycles. The minimum Gasteiger partial charge on any atom is -0.465 e. The molecule has 1 aromatic heterocycles. The third-order valence-electron chi connectivity index (χ3n) is 4.04. The van der Waals surface area contributed by atoms with E-state index in [1.807, 2.05) is 32.9 Å². The molecule has 156 valence electrons. The number of nitrogens with one attached hydrogen (secondary N) is 1. The Labute approximate surface area is 176 Å². The van der Waals surface area contributed by atoms with Crippen LogP contribution in [-0.4, -0.2) is 40.6 Å². The van der Waals surface area contributed by atoms with Gasteiger partial charge < -0.3 is 9.47 Å². The zero-order valence-corrected chi connectivity index (χ0v) is 18.4. The van der Waals surface area contributed by atoms with E-state index in [-0.39, 0.29) is 5.92 Å². The van der Waals surface area contributed by atoms with Crippen LogP contribution in [0.3, 0.4) is 0 Å². The summed E-state index contributed by atoms with van der Waals surface area (Å²) in [6.45, 7) is 11.5. The van der Waals surface area contributed by atoms with Crippen molar-refractivity contribution >= 4 is 23.7 Å². The number of nitrogens with zero attached hydrogens (tertiary/aromatic N) is 1. The molecule has 2 aromatic rings. The van der Waals surface area contributed by atoms with Gasteiger partial charge in [-0.1, -0.05) is 25.1 Å². The zero-order chi connectivity index (χ0) is 21.6. The Morgan fingerprint density at radius 2 is 1.90 bits per heavy atom. The fourth-order valence-electron chi connectivity index (χ4n) is 2.76. The zero-order valence-electron chi connectivity index (χ0n) is 17.6. The Morgan fingerprint density at radius 3 is 2.41 bits per heavy atom. The first-order chi connectivity index (χ1) is 13.7. The van der Waals surface area contributed by atoms with Crippen molar-refractivity contribution in [3.63, 3.8) is 0 Å². The topological polar surface area (TPSA) is 81.3 Å². The van der Waals surface area contributed by atoms with E-state index in [2.05, 4.69) is 23.7 Å². The van der Waals surface area contributed by atoms with E-state index in [1.165, 1.54) is 18.9 Å². The lowest BCUT2D eigenvalue weighted by Crippen LogP contribution is -2.25. The molecule has 6 nitrogen and oxygen atoms in total. The van der Waals surface area contributed by atoms with Gasteiger partial charge in [0.2, 0.25) is 0 Å². The van der Waals surface area contributed by atoms with Crippen molar-refractivity contribution in [2.75, 3.05) is 12.9 Å². The van der Waals surface area contributed by atoms with Crippen molar-refractivity contribution in [2.24, 2.45) is 0 Å². The van der Waals surface area contributed by atoms with E-state index >= 15 is 0 Å². The molecule has 0 bridgehead atoms. The maximum atomic E-state index is 13.0. The van der Waals surface area contributed by atoms with E-state index in [0.717, 1.165) is 17.7 Å². The number of hydrogen-bond acceptors (Lipinski definition) is 6. The first-order valence-electron chi connectivity index (χ1n) is 9.47. The lowest BCUT2D eigenvalue weighted by Gasteiger charge is -2.21. The second-order valence-corrected chi connectivity index (χ2v) is 8.58. The van der Waals surface area contributed by atoms with Crippen LogP contribution >= 0.6 is 11.8 Å². The highest BCUT2D eigenvalue weighted by Gasteiger charge is 2.29. The molecule has 1 atom stereocenters. The molecular weight excluding hydrogens is 388 g/mol. The molecule has 29 heavy (non-hydrogen) atoms. The van der Waals surface area contributed by atoms with Crippen molar-refractivity contribution < 1.29 is 19.1 Å². The minimum atomic E-state index is -0.621. The van der Waals surface area contributed by atoms with Crippen LogP contribution in [0, 0.1) is 0 Å². The number of ether oxygens (including phenoxy) is 2. The first-order valence-corrected chi connectivity index (χ1v) is 10.5. The monoisotopic (exact) mass is 416 g/mol. The lowest BCUT2D eigenvalue weighted by molar-refractivity contribution is 0.00641. The predicted molar refractivity (Wildman–Crippen MR) is 115 cm³/mol. The van der Waals surface area contributed by atoms with Crippen molar-refractivity contribution in [2.45, 2.75) is 50.7 Å². The highest BCUT2D eigenvalue weighted by Crippen LogP contribution is 2.33. The predicted octanol–water partition coefficient (Wildman–Crippen LogP) is 4.97. The van der Waals surface area contributed by atoms with E-state index in [9.17, 15) is 9.59 Å². The molecule has 0 aliphatic carbocycles. The maximum absolute atomic E-state index is 13.0. The lowest BCUT2D eigenvalue weighted by atomic mass is 9.92. The number of aromatic nitrogens is 2. The third kappa shape index (κ3) is 5.73. The van der Waals surface area contributed by atoms with Gasteiger partial charge in [0.05, 0.1) is 18.4 Å². The van der Waals surface area contributed by atoms with Gasteiger partial charge in [0.15, 0.2) is 0 Å². The van der Waals surface area contributed by atoms with Crippen LogP contribution in [-0.2, 0) is 9.47 Å². The van der Waals surface area contributed by atoms with Crippen LogP contribution in [0.15, 0.2) is 41.9 Å². The van der Waals surface area contributed by atoms with Gasteiger partial charge in [0.1, 0.15) is 16.2 Å². The number of aromatic amines is 1. The van der Waals surface area contributed by atoms with Gasteiger partial charge in [0.25, 0.3) is 0 Å². The number of carbonyl (C=O) groups is 2. The normalized spacial score (nSPS) is 12.3. The molecular formula is C22H28N2O4S. The summed E-state index contributed by atoms with van der Waals surface area (Å²) in [4.78, 5) is 24.7. The second kappa shape index (κ2) is 9.78. The smallest absolute Gasteiger partial charge is 0.343 e. The quantitative estimate of drug-likeness (QED) is 0.372. The Balaban J connectivity index is 2.47. The molecule has 2 rings (SSSR count). The number of allylic oxidation sites excluding steroid dienone is 1. The first kappa shape index (κ1) is 22.7. The van der Waals surface area contributed by atoms with Gasteiger partial charge in [-0.3, -0.25) is 5.10 Å². The highest BCUT2D eigenvalue weighted by atomic mass is 32.2. The molecule has 1 aromatic carbocycles. The SMILES string of the molecule is C=CC(c1ccc(C(=O)OC)cc1)c1[nH]nc(SCCC)c1C(=O)OC(C)(C)C. The second-order valence-electron chi connectivity index (χ2n) is 7.49. The number of hydrogen-bond donors (Lipinski definition) is 1. The molecule has 1 heterocycles. The van der Waals surface area contributed by atoms with Crippen LogP contribution in [0.5, 0.6) is 0 Å². The number of carbonyl (C=O) groups excluding carboxylic acids is 2. The van der Waals surface area contributed by atoms with Crippen molar-refractivity contribution in [1.29, 1.82) is 0 Å². The van der Waals surface area contributed by atoms with Crippen LogP contribution < -0.4 is 0 Å². The van der Waals surface area contributed by atoms with Gasteiger partial charge in [-0.25, -0.2) is 9.59 Å². The number of H-pyrrole nitrogens is 1. The van der Waals surface area contributed by atoms with Crippen molar-refractivity contribution in [3.8, 4) is 0 Å². The number of thioether (sulfide) groups is 1. The molecule has 7 heteroatoms. The van der Waals surface area contributed by atoms with E-state index in [1.54, 1.807) is 18.2 Å². The Morgan fingerprint density at radius 1 is 1.24 bits per heavy atom. The number of esters is 2. The standard InChI is InChI=1S/C22H28N2O4S/c1-7-13-29-19-17(21(26)28-22(3,4)5)18(23-24-19)16(8-2)14-9-11-15(12-10-14)20(25)27-6/h8-12,16H,2,7,13H2,1,3-6H3,(H,23,24). The Hall–Kier alpha value is -2.54. The molecule has 0 saturated carbocycles. The summed E-state index contributed by atoms with van der Waals surface area (Å²) in [5.41, 5.74) is 1.76. The molecule has 0 fully saturated rings. The average molecular weight is 417 g/mol. The summed E-state index contributed by atoms with van der Waals surface area (Å²) in [5, 5.41) is 8.01. The van der Waals surface area contributed by atoms with Gasteiger partial charge in [-0.2, -0.15) is 5.10 Å². The van der Waals surface area contributed by atoms with Crippen LogP contribution in [0.4, 0.5) is 0 Å². The summed E-state index contributed by atoms with van der Waals surface area (Å²) in [6, 6.07) is 7.01. The van der Waals surface area contributed by atoms with E-state index < -0.39 is 17.5 Å². The Kier molecular flexibility index (Phi) is 7.67. The van der Waals surface area contributed by atoms with Crippen LogP contribution in [0.25, 0.3) is 0 Å². The molecule has 0 radical (unpaired) electrons. The summed E-state index contributed by atoms with van der Waals surface area (Å²) < 4.78 is 10.4. The summed E-state index contributed by atoms with van der Waals surface area (Å²) >= 11 is 1.52. The van der Waals surface area contributed by atoms with Crippen molar-refractivity contribution in [1.82, 2.24) is 10.2 Å². The van der Waals surface area contributed by atoms with E-state index in [4.69, 9.17) is 9.47 Å². The fraction of sp³-hybridized carbons (Fsp3) is 0.409. The summed E-state index contributed by atoms with van der Waals surface area (Å²) in [6.07, 6.45) is 2.70. The average Bonchev–Trinajstić information content (AvgIpc) is 3.09. The number of benzene rings is 1. The number of methoxy groups -OCH3 is 1. The molecule has 1 unspecified atom stereocenters. The highest BCUT2D eigenvalue weighted by molar-refractivity contribution is 7.99.